The number of rotatable bonds is 5. The van der Waals surface area contributed by atoms with Gasteiger partial charge < -0.3 is 10.6 Å². The van der Waals surface area contributed by atoms with Crippen LogP contribution in [0.25, 0.3) is 0 Å². The second-order valence-corrected chi connectivity index (χ2v) is 4.51. The predicted octanol–water partition coefficient (Wildman–Crippen LogP) is 2.41. The molecule has 0 amide bonds. The molecule has 0 radical (unpaired) electrons. The van der Waals surface area contributed by atoms with Crippen molar-refractivity contribution in [2.24, 2.45) is 5.92 Å². The van der Waals surface area contributed by atoms with E-state index in [1.165, 1.54) is 0 Å². The minimum Gasteiger partial charge on any atom is -0.357 e. The lowest BCUT2D eigenvalue weighted by Crippen LogP contribution is -2.19. The Bertz CT molecular complexity index is 342. The highest BCUT2D eigenvalue weighted by atomic mass is 35.5. The zero-order valence-electron chi connectivity index (χ0n) is 10.1. The van der Waals surface area contributed by atoms with Gasteiger partial charge in [0.05, 0.1) is 0 Å². The number of halogens is 1. The SMILES string of the molecule is CNc1nc(Cl)nc(NC(C)CC(C)C)n1. The molecule has 0 aromatic carbocycles. The smallest absolute Gasteiger partial charge is 0.229 e. The molecule has 0 aliphatic carbocycles. The van der Waals surface area contributed by atoms with Crippen molar-refractivity contribution in [1.29, 1.82) is 0 Å². The Morgan fingerprint density at radius 1 is 1.12 bits per heavy atom. The molecule has 1 aromatic heterocycles. The minimum atomic E-state index is 0.193. The van der Waals surface area contributed by atoms with Gasteiger partial charge in [0.1, 0.15) is 0 Å². The lowest BCUT2D eigenvalue weighted by Gasteiger charge is -2.15. The van der Waals surface area contributed by atoms with Gasteiger partial charge >= 0.3 is 0 Å². The van der Waals surface area contributed by atoms with E-state index >= 15 is 0 Å². The lowest BCUT2D eigenvalue weighted by atomic mass is 10.1. The van der Waals surface area contributed by atoms with Crippen LogP contribution >= 0.6 is 11.6 Å². The van der Waals surface area contributed by atoms with Crippen molar-refractivity contribution >= 4 is 23.5 Å². The number of nitrogens with zero attached hydrogens (tertiary/aromatic N) is 3. The normalized spacial score (nSPS) is 12.6. The van der Waals surface area contributed by atoms with Crippen molar-refractivity contribution in [1.82, 2.24) is 15.0 Å². The van der Waals surface area contributed by atoms with E-state index in [-0.39, 0.29) is 5.28 Å². The summed E-state index contributed by atoms with van der Waals surface area (Å²) in [7, 11) is 1.74. The highest BCUT2D eigenvalue weighted by molar-refractivity contribution is 6.28. The number of hydrogen-bond acceptors (Lipinski definition) is 5. The van der Waals surface area contributed by atoms with Gasteiger partial charge in [0.2, 0.25) is 17.2 Å². The highest BCUT2D eigenvalue weighted by Crippen LogP contribution is 2.12. The molecule has 0 saturated carbocycles. The van der Waals surface area contributed by atoms with Gasteiger partial charge in [0.15, 0.2) is 0 Å². The molecule has 0 bridgehead atoms. The highest BCUT2D eigenvalue weighted by Gasteiger charge is 2.08. The van der Waals surface area contributed by atoms with Crippen LogP contribution in [0.3, 0.4) is 0 Å². The summed E-state index contributed by atoms with van der Waals surface area (Å²) < 4.78 is 0. The van der Waals surface area contributed by atoms with E-state index in [2.05, 4.69) is 46.4 Å². The van der Waals surface area contributed by atoms with Crippen molar-refractivity contribution in [3.63, 3.8) is 0 Å². The molecule has 90 valence electrons. The summed E-state index contributed by atoms with van der Waals surface area (Å²) in [4.78, 5) is 12.1. The number of hydrogen-bond donors (Lipinski definition) is 2. The van der Waals surface area contributed by atoms with Gasteiger partial charge in [-0.1, -0.05) is 13.8 Å². The quantitative estimate of drug-likeness (QED) is 0.832. The van der Waals surface area contributed by atoms with Gasteiger partial charge in [0.25, 0.3) is 0 Å². The molecule has 16 heavy (non-hydrogen) atoms. The van der Waals surface area contributed by atoms with Crippen molar-refractivity contribution in [3.8, 4) is 0 Å². The Balaban J connectivity index is 2.69. The molecule has 0 saturated heterocycles. The largest absolute Gasteiger partial charge is 0.357 e. The average Bonchev–Trinajstić information content (AvgIpc) is 2.14. The van der Waals surface area contributed by atoms with Crippen LogP contribution < -0.4 is 10.6 Å². The summed E-state index contributed by atoms with van der Waals surface area (Å²) in [5, 5.41) is 6.23. The molecule has 5 nitrogen and oxygen atoms in total. The Hall–Kier alpha value is -1.10. The number of anilines is 2. The van der Waals surface area contributed by atoms with Crippen LogP contribution in [0.1, 0.15) is 27.2 Å². The molecule has 1 unspecified atom stereocenters. The lowest BCUT2D eigenvalue weighted by molar-refractivity contribution is 0.537. The van der Waals surface area contributed by atoms with Crippen LogP contribution in [0.2, 0.25) is 5.28 Å². The molecule has 1 atom stereocenters. The van der Waals surface area contributed by atoms with Crippen molar-refractivity contribution in [2.45, 2.75) is 33.2 Å². The van der Waals surface area contributed by atoms with E-state index in [1.807, 2.05) is 0 Å². The monoisotopic (exact) mass is 243 g/mol. The first-order valence-electron chi connectivity index (χ1n) is 5.37. The molecule has 0 aliphatic rings. The standard InChI is InChI=1S/C10H18ClN5/c1-6(2)5-7(3)13-10-15-8(11)14-9(12-4)16-10/h6-7H,5H2,1-4H3,(H2,12,13,14,15,16). The summed E-state index contributed by atoms with van der Waals surface area (Å²) in [6.07, 6.45) is 1.05. The average molecular weight is 244 g/mol. The third-order valence-corrected chi connectivity index (χ3v) is 2.20. The summed E-state index contributed by atoms with van der Waals surface area (Å²) in [5.41, 5.74) is 0. The van der Waals surface area contributed by atoms with E-state index in [4.69, 9.17) is 11.6 Å². The molecular formula is C10H18ClN5. The molecule has 1 heterocycles. The summed E-state index contributed by atoms with van der Waals surface area (Å²) in [6.45, 7) is 6.45. The molecule has 1 rings (SSSR count). The van der Waals surface area contributed by atoms with Gasteiger partial charge in [-0.15, -0.1) is 0 Å². The van der Waals surface area contributed by atoms with Crippen molar-refractivity contribution in [2.75, 3.05) is 17.7 Å². The molecule has 6 heteroatoms. The van der Waals surface area contributed by atoms with Crippen LogP contribution in [0, 0.1) is 5.92 Å². The van der Waals surface area contributed by atoms with Crippen LogP contribution in [0.4, 0.5) is 11.9 Å². The molecule has 0 aliphatic heterocycles. The van der Waals surface area contributed by atoms with Crippen LogP contribution in [0.5, 0.6) is 0 Å². The maximum absolute atomic E-state index is 5.78. The third-order valence-electron chi connectivity index (χ3n) is 2.03. The Kier molecular flexibility index (Phi) is 4.73. The fourth-order valence-corrected chi connectivity index (χ4v) is 1.67. The van der Waals surface area contributed by atoms with Crippen LogP contribution in [0.15, 0.2) is 0 Å². The molecule has 1 aromatic rings. The summed E-state index contributed by atoms with van der Waals surface area (Å²) >= 11 is 5.78. The Morgan fingerprint density at radius 3 is 2.31 bits per heavy atom. The molecular weight excluding hydrogens is 226 g/mol. The van der Waals surface area contributed by atoms with Gasteiger partial charge in [0, 0.05) is 13.1 Å². The second kappa shape index (κ2) is 5.84. The number of nitrogens with one attached hydrogen (secondary N) is 2. The first kappa shape index (κ1) is 13.0. The van der Waals surface area contributed by atoms with E-state index in [0.717, 1.165) is 6.42 Å². The van der Waals surface area contributed by atoms with E-state index in [0.29, 0.717) is 23.9 Å². The maximum atomic E-state index is 5.78. The van der Waals surface area contributed by atoms with Gasteiger partial charge in [-0.25, -0.2) is 0 Å². The van der Waals surface area contributed by atoms with Crippen LogP contribution in [-0.4, -0.2) is 28.0 Å². The van der Waals surface area contributed by atoms with Crippen molar-refractivity contribution in [3.05, 3.63) is 5.28 Å². The zero-order valence-corrected chi connectivity index (χ0v) is 10.8. The second-order valence-electron chi connectivity index (χ2n) is 4.18. The topological polar surface area (TPSA) is 62.7 Å². The molecule has 0 fully saturated rings. The van der Waals surface area contributed by atoms with Gasteiger partial charge in [-0.3, -0.25) is 0 Å². The fourth-order valence-electron chi connectivity index (χ4n) is 1.51. The first-order chi connectivity index (χ1) is 7.51. The van der Waals surface area contributed by atoms with Crippen LogP contribution in [-0.2, 0) is 0 Å². The van der Waals surface area contributed by atoms with Crippen molar-refractivity contribution < 1.29 is 0 Å². The molecule has 2 N–H and O–H groups in total. The first-order valence-corrected chi connectivity index (χ1v) is 5.75. The van der Waals surface area contributed by atoms with E-state index < -0.39 is 0 Å². The van der Waals surface area contributed by atoms with E-state index in [1.54, 1.807) is 7.05 Å². The Morgan fingerprint density at radius 2 is 1.75 bits per heavy atom. The van der Waals surface area contributed by atoms with Gasteiger partial charge in [-0.05, 0) is 30.9 Å². The zero-order chi connectivity index (χ0) is 12.1. The Labute approximate surface area is 101 Å². The summed E-state index contributed by atoms with van der Waals surface area (Å²) in [5.74, 6) is 1.61. The third kappa shape index (κ3) is 4.18. The summed E-state index contributed by atoms with van der Waals surface area (Å²) in [6, 6.07) is 0.308. The minimum absolute atomic E-state index is 0.193. The fraction of sp³-hybridized carbons (Fsp3) is 0.700. The predicted molar refractivity (Wildman–Crippen MR) is 66.9 cm³/mol. The van der Waals surface area contributed by atoms with Gasteiger partial charge in [-0.2, -0.15) is 15.0 Å². The maximum Gasteiger partial charge on any atom is 0.229 e. The number of aromatic nitrogens is 3. The molecule has 0 spiro atoms. The van der Waals surface area contributed by atoms with E-state index in [9.17, 15) is 0 Å².